The molecule has 0 amide bonds. The zero-order valence-corrected chi connectivity index (χ0v) is 12.5. The highest BCUT2D eigenvalue weighted by Crippen LogP contribution is 2.33. The number of carbonyl (C=O) groups is 2. The third kappa shape index (κ3) is 5.05. The van der Waals surface area contributed by atoms with Crippen LogP contribution in [-0.2, 0) is 19.1 Å². The molecule has 19 heavy (non-hydrogen) atoms. The molecule has 0 fully saturated rings. The van der Waals surface area contributed by atoms with Crippen LogP contribution in [0.1, 0.15) is 53.4 Å². The van der Waals surface area contributed by atoms with E-state index in [0.717, 1.165) is 12.8 Å². The maximum Gasteiger partial charge on any atom is 0.323 e. The van der Waals surface area contributed by atoms with Gasteiger partial charge < -0.3 is 9.47 Å². The molecule has 0 radical (unpaired) electrons. The first-order valence-electron chi connectivity index (χ1n) is 7.04. The summed E-state index contributed by atoms with van der Waals surface area (Å²) in [6.45, 7) is 7.90. The van der Waals surface area contributed by atoms with Crippen molar-refractivity contribution in [1.82, 2.24) is 0 Å². The molecule has 0 aromatic rings. The van der Waals surface area contributed by atoms with E-state index >= 15 is 0 Å². The summed E-state index contributed by atoms with van der Waals surface area (Å²) in [4.78, 5) is 24.5. The van der Waals surface area contributed by atoms with E-state index in [-0.39, 0.29) is 13.2 Å². The summed E-state index contributed by atoms with van der Waals surface area (Å²) in [6.07, 6.45) is 6.15. The Labute approximate surface area is 116 Å². The van der Waals surface area contributed by atoms with Gasteiger partial charge >= 0.3 is 11.9 Å². The van der Waals surface area contributed by atoms with Gasteiger partial charge in [0, 0.05) is 0 Å². The van der Waals surface area contributed by atoms with Gasteiger partial charge in [-0.05, 0) is 33.6 Å². The molecule has 0 saturated heterocycles. The average molecular weight is 270 g/mol. The fourth-order valence-corrected chi connectivity index (χ4v) is 1.89. The number of rotatable bonds is 9. The van der Waals surface area contributed by atoms with E-state index in [9.17, 15) is 9.59 Å². The summed E-state index contributed by atoms with van der Waals surface area (Å²) in [6, 6.07) is 0. The van der Waals surface area contributed by atoms with Crippen molar-refractivity contribution in [3.63, 3.8) is 0 Å². The van der Waals surface area contributed by atoms with Gasteiger partial charge in [-0.15, -0.1) is 0 Å². The van der Waals surface area contributed by atoms with Crippen molar-refractivity contribution < 1.29 is 19.1 Å². The normalized spacial score (nSPS) is 11.6. The zero-order chi connectivity index (χ0) is 14.7. The van der Waals surface area contributed by atoms with Crippen LogP contribution in [0, 0.1) is 5.41 Å². The topological polar surface area (TPSA) is 52.6 Å². The van der Waals surface area contributed by atoms with Gasteiger partial charge in [-0.25, -0.2) is 0 Å². The Hall–Kier alpha value is -1.32. The average Bonchev–Trinajstić information content (AvgIpc) is 2.40. The van der Waals surface area contributed by atoms with Crippen molar-refractivity contribution in [3.8, 4) is 0 Å². The van der Waals surface area contributed by atoms with Crippen LogP contribution in [0.2, 0.25) is 0 Å². The number of esters is 2. The maximum atomic E-state index is 12.2. The molecule has 0 atom stereocenters. The lowest BCUT2D eigenvalue weighted by Gasteiger charge is -2.28. The molecule has 0 saturated carbocycles. The summed E-state index contributed by atoms with van der Waals surface area (Å²) in [5.41, 5.74) is -1.19. The first kappa shape index (κ1) is 17.7. The van der Waals surface area contributed by atoms with Gasteiger partial charge in [0.25, 0.3) is 0 Å². The molecule has 0 aliphatic carbocycles. The second-order valence-corrected chi connectivity index (χ2v) is 4.40. The SMILES string of the molecule is C/C=C\CC(CCCC)(C(=O)OCC)C(=O)OCC. The van der Waals surface area contributed by atoms with Crippen molar-refractivity contribution in [2.45, 2.75) is 53.4 Å². The molecular formula is C15H26O4. The molecule has 0 aliphatic rings. The number of ether oxygens (including phenoxy) is 2. The Morgan fingerprint density at radius 1 is 1.05 bits per heavy atom. The highest BCUT2D eigenvalue weighted by molar-refractivity contribution is 6.00. The summed E-state index contributed by atoms with van der Waals surface area (Å²) in [7, 11) is 0. The van der Waals surface area contributed by atoms with Gasteiger partial charge in [-0.1, -0.05) is 31.9 Å². The van der Waals surface area contributed by atoms with E-state index in [1.165, 1.54) is 0 Å². The summed E-state index contributed by atoms with van der Waals surface area (Å²) in [5.74, 6) is -0.944. The molecule has 0 unspecified atom stereocenters. The number of hydrogen-bond acceptors (Lipinski definition) is 4. The minimum atomic E-state index is -1.19. The van der Waals surface area contributed by atoms with E-state index in [1.54, 1.807) is 13.8 Å². The number of unbranched alkanes of at least 4 members (excludes halogenated alkanes) is 1. The van der Waals surface area contributed by atoms with E-state index in [0.29, 0.717) is 12.8 Å². The molecule has 0 N–H and O–H groups in total. The van der Waals surface area contributed by atoms with Crippen LogP contribution in [0.3, 0.4) is 0 Å². The Morgan fingerprint density at radius 2 is 1.58 bits per heavy atom. The molecule has 0 aromatic heterocycles. The van der Waals surface area contributed by atoms with E-state index < -0.39 is 17.4 Å². The Balaban J connectivity index is 5.28. The van der Waals surface area contributed by atoms with Crippen molar-refractivity contribution in [1.29, 1.82) is 0 Å². The molecule has 0 rings (SSSR count). The second kappa shape index (κ2) is 9.59. The molecular weight excluding hydrogens is 244 g/mol. The Morgan fingerprint density at radius 3 is 1.95 bits per heavy atom. The predicted octanol–water partition coefficient (Wildman–Crippen LogP) is 3.26. The first-order valence-corrected chi connectivity index (χ1v) is 7.04. The highest BCUT2D eigenvalue weighted by Gasteiger charge is 2.47. The first-order chi connectivity index (χ1) is 9.08. The van der Waals surface area contributed by atoms with Gasteiger partial charge in [0.2, 0.25) is 0 Å². The van der Waals surface area contributed by atoms with Gasteiger partial charge in [0.1, 0.15) is 0 Å². The molecule has 0 bridgehead atoms. The van der Waals surface area contributed by atoms with Crippen LogP contribution >= 0.6 is 0 Å². The van der Waals surface area contributed by atoms with E-state index in [1.807, 2.05) is 26.0 Å². The van der Waals surface area contributed by atoms with Gasteiger partial charge in [0.05, 0.1) is 13.2 Å². The van der Waals surface area contributed by atoms with Crippen LogP contribution in [0.4, 0.5) is 0 Å². The molecule has 4 nitrogen and oxygen atoms in total. The van der Waals surface area contributed by atoms with Crippen molar-refractivity contribution in [3.05, 3.63) is 12.2 Å². The quantitative estimate of drug-likeness (QED) is 0.366. The van der Waals surface area contributed by atoms with E-state index in [4.69, 9.17) is 9.47 Å². The van der Waals surface area contributed by atoms with Crippen LogP contribution in [0.15, 0.2) is 12.2 Å². The maximum absolute atomic E-state index is 12.2. The second-order valence-electron chi connectivity index (χ2n) is 4.40. The fraction of sp³-hybridized carbons (Fsp3) is 0.733. The lowest BCUT2D eigenvalue weighted by atomic mass is 9.79. The van der Waals surface area contributed by atoms with Crippen molar-refractivity contribution >= 4 is 11.9 Å². The molecule has 4 heteroatoms. The largest absolute Gasteiger partial charge is 0.465 e. The third-order valence-corrected chi connectivity index (χ3v) is 2.99. The standard InChI is InChI=1S/C15H26O4/c1-5-9-11-15(12-10-6-2,13(16)18-7-3)14(17)19-8-4/h5,9H,6-8,10-12H2,1-4H3/b9-5-. The van der Waals surface area contributed by atoms with Crippen LogP contribution in [0.25, 0.3) is 0 Å². The summed E-state index contributed by atoms with van der Waals surface area (Å²) >= 11 is 0. The summed E-state index contributed by atoms with van der Waals surface area (Å²) in [5, 5.41) is 0. The smallest absolute Gasteiger partial charge is 0.323 e. The minimum Gasteiger partial charge on any atom is -0.465 e. The van der Waals surface area contributed by atoms with Gasteiger partial charge in [0.15, 0.2) is 5.41 Å². The van der Waals surface area contributed by atoms with Crippen LogP contribution in [0.5, 0.6) is 0 Å². The summed E-state index contributed by atoms with van der Waals surface area (Å²) < 4.78 is 10.2. The molecule has 0 spiro atoms. The molecule has 110 valence electrons. The van der Waals surface area contributed by atoms with Crippen LogP contribution < -0.4 is 0 Å². The number of carbonyl (C=O) groups excluding carboxylic acids is 2. The lowest BCUT2D eigenvalue weighted by molar-refractivity contribution is -0.172. The van der Waals surface area contributed by atoms with Crippen molar-refractivity contribution in [2.24, 2.45) is 5.41 Å². The van der Waals surface area contributed by atoms with Crippen molar-refractivity contribution in [2.75, 3.05) is 13.2 Å². The number of hydrogen-bond donors (Lipinski definition) is 0. The Bertz CT molecular complexity index is 289. The number of allylic oxidation sites excluding steroid dienone is 2. The highest BCUT2D eigenvalue weighted by atomic mass is 16.6. The fourth-order valence-electron chi connectivity index (χ4n) is 1.89. The Kier molecular flexibility index (Phi) is 8.92. The minimum absolute atomic E-state index is 0.266. The predicted molar refractivity (Wildman–Crippen MR) is 74.7 cm³/mol. The molecule has 0 aliphatic heterocycles. The lowest BCUT2D eigenvalue weighted by Crippen LogP contribution is -2.42. The van der Waals surface area contributed by atoms with Gasteiger partial charge in [-0.3, -0.25) is 9.59 Å². The van der Waals surface area contributed by atoms with Crippen LogP contribution in [-0.4, -0.2) is 25.2 Å². The zero-order valence-electron chi connectivity index (χ0n) is 12.5. The monoisotopic (exact) mass is 270 g/mol. The molecule has 0 heterocycles. The third-order valence-electron chi connectivity index (χ3n) is 2.99. The van der Waals surface area contributed by atoms with E-state index in [2.05, 4.69) is 0 Å². The molecule has 0 aromatic carbocycles. The van der Waals surface area contributed by atoms with Gasteiger partial charge in [-0.2, -0.15) is 0 Å².